The molecule has 172 valence electrons. The van der Waals surface area contributed by atoms with E-state index in [4.69, 9.17) is 0 Å². The van der Waals surface area contributed by atoms with Crippen molar-refractivity contribution < 1.29 is 26.7 Å². The van der Waals surface area contributed by atoms with Crippen LogP contribution >= 0.6 is 24.0 Å². The Kier molecular flexibility index (Phi) is 11.1. The lowest BCUT2D eigenvalue weighted by Gasteiger charge is -2.23. The quantitative estimate of drug-likeness (QED) is 0.228. The monoisotopic (exact) mass is 550 g/mol. The molecule has 1 heterocycles. The first-order valence-corrected chi connectivity index (χ1v) is 9.48. The van der Waals surface area contributed by atoms with Gasteiger partial charge in [-0.3, -0.25) is 9.89 Å². The van der Waals surface area contributed by atoms with Gasteiger partial charge in [0, 0.05) is 33.2 Å². The summed E-state index contributed by atoms with van der Waals surface area (Å²) in [6.45, 7) is 0.595. The number of hydrogen-bond donors (Lipinski definition) is 1. The van der Waals surface area contributed by atoms with Crippen LogP contribution in [0.1, 0.15) is 18.9 Å². The zero-order chi connectivity index (χ0) is 21.4. The Morgan fingerprint density at radius 3 is 2.53 bits per heavy atom. The SMILES string of the molecule is CCNC(=NCC1CCN(CC(F)(F)F)C1)N(C)Cc1ccc(OC(F)F)cc1.I. The maximum atomic E-state index is 12.5. The van der Waals surface area contributed by atoms with E-state index >= 15 is 0 Å². The summed E-state index contributed by atoms with van der Waals surface area (Å²) < 4.78 is 66.3. The van der Waals surface area contributed by atoms with Gasteiger partial charge in [-0.25, -0.2) is 0 Å². The third-order valence-corrected chi connectivity index (χ3v) is 4.54. The van der Waals surface area contributed by atoms with Gasteiger partial charge in [-0.2, -0.15) is 22.0 Å². The molecule has 11 heteroatoms. The highest BCUT2D eigenvalue weighted by Gasteiger charge is 2.34. The summed E-state index contributed by atoms with van der Waals surface area (Å²) in [5.41, 5.74) is 0.886. The van der Waals surface area contributed by atoms with Crippen molar-refractivity contribution in [3.05, 3.63) is 29.8 Å². The average molecular weight is 550 g/mol. The molecule has 1 aliphatic rings. The van der Waals surface area contributed by atoms with Crippen LogP contribution in [0.3, 0.4) is 0 Å². The van der Waals surface area contributed by atoms with Crippen molar-refractivity contribution in [1.29, 1.82) is 0 Å². The number of nitrogens with one attached hydrogen (secondary N) is 1. The van der Waals surface area contributed by atoms with E-state index in [-0.39, 0.29) is 35.6 Å². The summed E-state index contributed by atoms with van der Waals surface area (Å²) in [6, 6.07) is 6.36. The molecule has 1 aliphatic heterocycles. The number of alkyl halides is 5. The largest absolute Gasteiger partial charge is 0.435 e. The number of rotatable bonds is 8. The zero-order valence-electron chi connectivity index (χ0n) is 17.0. The lowest BCUT2D eigenvalue weighted by molar-refractivity contribution is -0.143. The molecule has 1 aromatic rings. The number of guanidine groups is 1. The highest BCUT2D eigenvalue weighted by atomic mass is 127. The summed E-state index contributed by atoms with van der Waals surface area (Å²) >= 11 is 0. The summed E-state index contributed by atoms with van der Waals surface area (Å²) in [6.07, 6.45) is -3.49. The van der Waals surface area contributed by atoms with Crippen LogP contribution < -0.4 is 10.1 Å². The van der Waals surface area contributed by atoms with Crippen LogP contribution in [0.25, 0.3) is 0 Å². The minimum Gasteiger partial charge on any atom is -0.435 e. The van der Waals surface area contributed by atoms with E-state index in [1.54, 1.807) is 12.1 Å². The summed E-state index contributed by atoms with van der Waals surface area (Å²) in [7, 11) is 1.84. The molecule has 0 aliphatic carbocycles. The van der Waals surface area contributed by atoms with Gasteiger partial charge in [-0.15, -0.1) is 24.0 Å². The minimum absolute atomic E-state index is 0. The second-order valence-electron chi connectivity index (χ2n) is 7.08. The molecular weight excluding hydrogens is 522 g/mol. The van der Waals surface area contributed by atoms with Crippen LogP contribution in [-0.4, -0.2) is 68.3 Å². The molecule has 1 atom stereocenters. The Labute approximate surface area is 190 Å². The molecule has 1 aromatic carbocycles. The number of hydrogen-bond acceptors (Lipinski definition) is 3. The van der Waals surface area contributed by atoms with E-state index in [1.165, 1.54) is 17.0 Å². The Morgan fingerprint density at radius 2 is 1.97 bits per heavy atom. The average Bonchev–Trinajstić information content (AvgIpc) is 3.05. The number of benzene rings is 1. The predicted molar refractivity (Wildman–Crippen MR) is 117 cm³/mol. The maximum absolute atomic E-state index is 12.5. The van der Waals surface area contributed by atoms with Gasteiger partial charge in [-0.05, 0) is 43.5 Å². The van der Waals surface area contributed by atoms with Crippen molar-refractivity contribution in [2.75, 3.05) is 39.8 Å². The van der Waals surface area contributed by atoms with Crippen LogP contribution in [0.15, 0.2) is 29.3 Å². The molecule has 1 N–H and O–H groups in total. The van der Waals surface area contributed by atoms with Gasteiger partial charge in [0.15, 0.2) is 5.96 Å². The van der Waals surface area contributed by atoms with Crippen LogP contribution in [0.5, 0.6) is 5.75 Å². The number of halogens is 6. The van der Waals surface area contributed by atoms with E-state index in [2.05, 4.69) is 15.0 Å². The van der Waals surface area contributed by atoms with E-state index < -0.39 is 19.3 Å². The van der Waals surface area contributed by atoms with Crippen molar-refractivity contribution in [1.82, 2.24) is 15.1 Å². The number of ether oxygens (including phenoxy) is 1. The fraction of sp³-hybridized carbons (Fsp3) is 0.632. The van der Waals surface area contributed by atoms with Gasteiger partial charge in [0.05, 0.1) is 6.54 Å². The van der Waals surface area contributed by atoms with Gasteiger partial charge >= 0.3 is 12.8 Å². The Bertz CT molecular complexity index is 657. The van der Waals surface area contributed by atoms with Crippen LogP contribution in [0.4, 0.5) is 22.0 Å². The zero-order valence-corrected chi connectivity index (χ0v) is 19.3. The molecule has 30 heavy (non-hydrogen) atoms. The molecule has 1 unspecified atom stereocenters. The molecule has 0 amide bonds. The number of nitrogens with zero attached hydrogens (tertiary/aromatic N) is 3. The normalized spacial score (nSPS) is 17.7. The van der Waals surface area contributed by atoms with Gasteiger partial charge < -0.3 is 15.0 Å². The van der Waals surface area contributed by atoms with E-state index in [0.717, 1.165) is 5.56 Å². The summed E-state index contributed by atoms with van der Waals surface area (Å²) in [5, 5.41) is 3.17. The lowest BCUT2D eigenvalue weighted by Crippen LogP contribution is -2.39. The highest BCUT2D eigenvalue weighted by molar-refractivity contribution is 14.0. The molecule has 2 rings (SSSR count). The first-order valence-electron chi connectivity index (χ1n) is 9.48. The van der Waals surface area contributed by atoms with Gasteiger partial charge in [-0.1, -0.05) is 12.1 Å². The van der Waals surface area contributed by atoms with Crippen LogP contribution in [0, 0.1) is 5.92 Å². The van der Waals surface area contributed by atoms with Crippen LogP contribution in [-0.2, 0) is 6.54 Å². The molecule has 0 saturated carbocycles. The molecule has 0 bridgehead atoms. The fourth-order valence-corrected chi connectivity index (χ4v) is 3.27. The van der Waals surface area contributed by atoms with E-state index in [9.17, 15) is 22.0 Å². The Balaban J connectivity index is 0.00000450. The standard InChI is InChI=1S/C19H27F5N4O.HI/c1-3-25-18(26-10-15-8-9-28(12-15)13-19(22,23)24)27(2)11-14-4-6-16(7-5-14)29-17(20)21;/h4-7,15,17H,3,8-13H2,1-2H3,(H,25,26);1H. The number of likely N-dealkylation sites (tertiary alicyclic amines) is 1. The van der Waals surface area contributed by atoms with Crippen molar-refractivity contribution in [3.63, 3.8) is 0 Å². The summed E-state index contributed by atoms with van der Waals surface area (Å²) in [5.74, 6) is 0.830. The maximum Gasteiger partial charge on any atom is 0.401 e. The molecule has 0 spiro atoms. The predicted octanol–water partition coefficient (Wildman–Crippen LogP) is 4.19. The smallest absolute Gasteiger partial charge is 0.401 e. The van der Waals surface area contributed by atoms with Gasteiger partial charge in [0.25, 0.3) is 0 Å². The minimum atomic E-state index is -4.18. The first kappa shape index (κ1) is 26.7. The summed E-state index contributed by atoms with van der Waals surface area (Å²) in [4.78, 5) is 7.88. The van der Waals surface area contributed by atoms with Gasteiger partial charge in [0.2, 0.25) is 0 Å². The fourth-order valence-electron chi connectivity index (χ4n) is 3.27. The molecule has 5 nitrogen and oxygen atoms in total. The van der Waals surface area contributed by atoms with E-state index in [1.807, 2.05) is 18.9 Å². The second kappa shape index (κ2) is 12.5. The molecule has 1 fully saturated rings. The molecule has 0 radical (unpaired) electrons. The third-order valence-electron chi connectivity index (χ3n) is 4.54. The Hall–Kier alpha value is -1.37. The van der Waals surface area contributed by atoms with Gasteiger partial charge in [0.1, 0.15) is 5.75 Å². The van der Waals surface area contributed by atoms with Crippen molar-refractivity contribution in [2.24, 2.45) is 10.9 Å². The molecule has 1 saturated heterocycles. The molecular formula is C19H28F5IN4O. The number of aliphatic imine (C=N–C) groups is 1. The van der Waals surface area contributed by atoms with Crippen LogP contribution in [0.2, 0.25) is 0 Å². The Morgan fingerprint density at radius 1 is 1.30 bits per heavy atom. The third kappa shape index (κ3) is 9.63. The molecule has 0 aromatic heterocycles. The first-order chi connectivity index (χ1) is 13.7. The van der Waals surface area contributed by atoms with Crippen molar-refractivity contribution in [2.45, 2.75) is 32.7 Å². The van der Waals surface area contributed by atoms with Crippen molar-refractivity contribution in [3.8, 4) is 5.75 Å². The highest BCUT2D eigenvalue weighted by Crippen LogP contribution is 2.23. The topological polar surface area (TPSA) is 40.1 Å². The second-order valence-corrected chi connectivity index (χ2v) is 7.08. The van der Waals surface area contributed by atoms with E-state index in [0.29, 0.717) is 45.1 Å². The van der Waals surface area contributed by atoms with Crippen molar-refractivity contribution >= 4 is 29.9 Å². The lowest BCUT2D eigenvalue weighted by atomic mass is 10.1.